The maximum absolute atomic E-state index is 13.4. The van der Waals surface area contributed by atoms with Gasteiger partial charge in [-0.15, -0.1) is 0 Å². The summed E-state index contributed by atoms with van der Waals surface area (Å²) in [7, 11) is 3.19. The van der Waals surface area contributed by atoms with Gasteiger partial charge in [0.15, 0.2) is 0 Å². The van der Waals surface area contributed by atoms with Gasteiger partial charge in [0.2, 0.25) is 11.8 Å². The van der Waals surface area contributed by atoms with Crippen LogP contribution < -0.4 is 14.8 Å². The molecule has 0 radical (unpaired) electrons. The highest BCUT2D eigenvalue weighted by molar-refractivity contribution is 6.33. The molecule has 2 heterocycles. The van der Waals surface area contributed by atoms with Crippen LogP contribution in [0.1, 0.15) is 54.9 Å². The van der Waals surface area contributed by atoms with E-state index in [9.17, 15) is 18.4 Å². The summed E-state index contributed by atoms with van der Waals surface area (Å²) >= 11 is 12.8. The number of nitrogens with one attached hydrogen (secondary N) is 1. The molecule has 2 amide bonds. The molecule has 6 nitrogen and oxygen atoms in total. The molecular weight excluding hydrogens is 657 g/mol. The van der Waals surface area contributed by atoms with Gasteiger partial charge < -0.3 is 19.7 Å². The van der Waals surface area contributed by atoms with Gasteiger partial charge in [-0.3, -0.25) is 9.59 Å². The van der Waals surface area contributed by atoms with Crippen molar-refractivity contribution in [1.29, 1.82) is 0 Å². The molecule has 6 rings (SSSR count). The Labute approximate surface area is 288 Å². The number of nitrogens with zero attached hydrogens (tertiary/aromatic N) is 1. The van der Waals surface area contributed by atoms with Crippen LogP contribution in [0, 0.1) is 11.6 Å². The molecule has 0 unspecified atom stereocenters. The van der Waals surface area contributed by atoms with Gasteiger partial charge in [-0.1, -0.05) is 23.2 Å². The minimum atomic E-state index is -0.322. The second kappa shape index (κ2) is 15.5. The third kappa shape index (κ3) is 7.72. The van der Waals surface area contributed by atoms with E-state index in [2.05, 4.69) is 5.32 Å². The van der Waals surface area contributed by atoms with Crippen LogP contribution in [0.2, 0.25) is 10.0 Å². The van der Waals surface area contributed by atoms with Gasteiger partial charge in [0.25, 0.3) is 0 Å². The van der Waals surface area contributed by atoms with E-state index < -0.39 is 0 Å². The van der Waals surface area contributed by atoms with Crippen molar-refractivity contribution in [2.75, 3.05) is 20.8 Å². The molecule has 4 aromatic rings. The van der Waals surface area contributed by atoms with Crippen molar-refractivity contribution in [1.82, 2.24) is 10.2 Å². The monoisotopic (exact) mass is 690 g/mol. The number of rotatable bonds is 7. The summed E-state index contributed by atoms with van der Waals surface area (Å²) < 4.78 is 37.1. The van der Waals surface area contributed by atoms with Crippen LogP contribution >= 0.6 is 23.2 Å². The SMILES string of the molecule is CCN1C(=O)CCC(c2cc(OC)ccc2Cl)=C1c1ccc(F)cc1.COc1ccc(Cl)c(C2=C(c3ccc(F)cc3)NC(=O)CC2)c1. The molecule has 2 aliphatic heterocycles. The first-order valence-corrected chi connectivity index (χ1v) is 16.1. The minimum absolute atomic E-state index is 0.0598. The lowest BCUT2D eigenvalue weighted by Crippen LogP contribution is -2.33. The summed E-state index contributed by atoms with van der Waals surface area (Å²) in [5, 5.41) is 4.06. The maximum atomic E-state index is 13.4. The second-order valence-corrected chi connectivity index (χ2v) is 11.9. The van der Waals surface area contributed by atoms with Crippen molar-refractivity contribution >= 4 is 57.6 Å². The normalized spacial score (nSPS) is 14.8. The zero-order valence-corrected chi connectivity index (χ0v) is 28.2. The van der Waals surface area contributed by atoms with Crippen LogP contribution in [-0.4, -0.2) is 37.5 Å². The Morgan fingerprint density at radius 1 is 0.688 bits per heavy atom. The number of hydrogen-bond acceptors (Lipinski definition) is 4. The Bertz CT molecular complexity index is 1890. The van der Waals surface area contributed by atoms with Gasteiger partial charge in [-0.2, -0.15) is 0 Å². The molecule has 4 aromatic carbocycles. The number of benzene rings is 4. The average Bonchev–Trinajstić information content (AvgIpc) is 3.10. The molecule has 0 fully saturated rings. The molecule has 0 spiro atoms. The molecular formula is C38H34Cl2F2N2O4. The standard InChI is InChI=1S/C20H19ClFNO2.C18H15ClFNO2/c1-3-23-19(24)11-9-16(17-12-15(25-2)8-10-18(17)21)20(23)13-4-6-14(22)7-5-13;1-23-13-6-8-16(19)15(10-13)14-7-9-17(22)21-18(14)11-2-4-12(20)5-3-11/h4-8,10,12H,3,9,11H2,1-2H3;2-6,8,10H,7,9H2,1H3,(H,21,22). The molecule has 0 aromatic heterocycles. The van der Waals surface area contributed by atoms with E-state index in [1.54, 1.807) is 67.7 Å². The number of allylic oxidation sites excluding steroid dienone is 2. The number of halogens is 4. The molecule has 1 N–H and O–H groups in total. The lowest BCUT2D eigenvalue weighted by molar-refractivity contribution is -0.128. The van der Waals surface area contributed by atoms with Gasteiger partial charge in [-0.25, -0.2) is 8.78 Å². The number of carbonyl (C=O) groups excluding carboxylic acids is 2. The fraction of sp³-hybridized carbons (Fsp3) is 0.211. The number of ether oxygens (including phenoxy) is 2. The van der Waals surface area contributed by atoms with E-state index in [0.717, 1.165) is 39.1 Å². The van der Waals surface area contributed by atoms with E-state index in [-0.39, 0.29) is 23.4 Å². The van der Waals surface area contributed by atoms with Crippen LogP contribution in [0.3, 0.4) is 0 Å². The van der Waals surface area contributed by atoms with E-state index in [0.29, 0.717) is 59.5 Å². The predicted octanol–water partition coefficient (Wildman–Crippen LogP) is 9.26. The summed E-state index contributed by atoms with van der Waals surface area (Å²) in [5.74, 6) is 0.752. The van der Waals surface area contributed by atoms with E-state index in [4.69, 9.17) is 32.7 Å². The lowest BCUT2D eigenvalue weighted by atomic mass is 9.91. The number of hydrogen-bond donors (Lipinski definition) is 1. The summed E-state index contributed by atoms with van der Waals surface area (Å²) in [6, 6.07) is 23.1. The molecule has 0 saturated carbocycles. The van der Waals surface area contributed by atoms with Crippen LogP contribution in [0.4, 0.5) is 8.78 Å². The van der Waals surface area contributed by atoms with Crippen LogP contribution in [0.25, 0.3) is 22.5 Å². The summed E-state index contributed by atoms with van der Waals surface area (Å²) in [5.41, 5.74) is 6.53. The van der Waals surface area contributed by atoms with Crippen molar-refractivity contribution in [3.63, 3.8) is 0 Å². The molecule has 0 saturated heterocycles. The topological polar surface area (TPSA) is 67.9 Å². The number of amides is 2. The van der Waals surface area contributed by atoms with Crippen LogP contribution in [0.15, 0.2) is 84.9 Å². The van der Waals surface area contributed by atoms with Gasteiger partial charge in [-0.05, 0) is 127 Å². The minimum Gasteiger partial charge on any atom is -0.497 e. The fourth-order valence-electron chi connectivity index (χ4n) is 5.81. The van der Waals surface area contributed by atoms with Crippen molar-refractivity contribution in [2.24, 2.45) is 0 Å². The predicted molar refractivity (Wildman–Crippen MR) is 186 cm³/mol. The number of carbonyl (C=O) groups is 2. The first-order chi connectivity index (χ1) is 23.1. The fourth-order valence-corrected chi connectivity index (χ4v) is 6.27. The second-order valence-electron chi connectivity index (χ2n) is 11.1. The molecule has 48 heavy (non-hydrogen) atoms. The van der Waals surface area contributed by atoms with Crippen LogP contribution in [-0.2, 0) is 9.59 Å². The highest BCUT2D eigenvalue weighted by Crippen LogP contribution is 2.41. The molecule has 248 valence electrons. The Morgan fingerprint density at radius 2 is 1.19 bits per heavy atom. The Balaban J connectivity index is 0.000000188. The first-order valence-electron chi connectivity index (χ1n) is 15.4. The first kappa shape index (κ1) is 34.7. The van der Waals surface area contributed by atoms with Crippen molar-refractivity contribution in [3.8, 4) is 11.5 Å². The Hall–Kier alpha value is -4.66. The largest absolute Gasteiger partial charge is 0.497 e. The third-order valence-corrected chi connectivity index (χ3v) is 8.84. The average molecular weight is 692 g/mol. The molecule has 0 aliphatic carbocycles. The van der Waals surface area contributed by atoms with Gasteiger partial charge >= 0.3 is 0 Å². The zero-order chi connectivity index (χ0) is 34.4. The Morgan fingerprint density at radius 3 is 1.71 bits per heavy atom. The molecule has 0 atom stereocenters. The van der Waals surface area contributed by atoms with Crippen molar-refractivity contribution in [3.05, 3.63) is 129 Å². The van der Waals surface area contributed by atoms with Crippen molar-refractivity contribution < 1.29 is 27.8 Å². The molecule has 10 heteroatoms. The van der Waals surface area contributed by atoms with Gasteiger partial charge in [0.1, 0.15) is 23.1 Å². The number of methoxy groups -OCH3 is 2. The Kier molecular flexibility index (Phi) is 11.2. The summed E-state index contributed by atoms with van der Waals surface area (Å²) in [4.78, 5) is 26.0. The van der Waals surface area contributed by atoms with Gasteiger partial charge in [0, 0.05) is 40.6 Å². The molecule has 0 bridgehead atoms. The van der Waals surface area contributed by atoms with E-state index >= 15 is 0 Å². The smallest absolute Gasteiger partial charge is 0.227 e. The molecule has 2 aliphatic rings. The highest BCUT2D eigenvalue weighted by atomic mass is 35.5. The highest BCUT2D eigenvalue weighted by Gasteiger charge is 2.29. The summed E-state index contributed by atoms with van der Waals surface area (Å²) in [6.07, 6.45) is 1.94. The summed E-state index contributed by atoms with van der Waals surface area (Å²) in [6.45, 7) is 2.47. The van der Waals surface area contributed by atoms with E-state index in [1.165, 1.54) is 24.3 Å². The zero-order valence-electron chi connectivity index (χ0n) is 26.7. The lowest BCUT2D eigenvalue weighted by Gasteiger charge is -2.32. The van der Waals surface area contributed by atoms with E-state index in [1.807, 2.05) is 19.1 Å². The quantitative estimate of drug-likeness (QED) is 0.210. The van der Waals surface area contributed by atoms with Crippen molar-refractivity contribution in [2.45, 2.75) is 32.6 Å². The van der Waals surface area contributed by atoms with Crippen LogP contribution in [0.5, 0.6) is 11.5 Å². The third-order valence-electron chi connectivity index (χ3n) is 8.18. The van der Waals surface area contributed by atoms with Gasteiger partial charge in [0.05, 0.1) is 25.6 Å². The maximum Gasteiger partial charge on any atom is 0.227 e.